The van der Waals surface area contributed by atoms with Crippen LogP contribution in [0.15, 0.2) is 24.8 Å². The smallest absolute Gasteiger partial charge is 0.305 e. The van der Waals surface area contributed by atoms with Crippen LogP contribution in [0.2, 0.25) is 0 Å². The SMILES string of the molecule is COC(=O)CCCc1ccc(-c2ncncn2)c(O)c1C. The van der Waals surface area contributed by atoms with Crippen LogP contribution >= 0.6 is 0 Å². The van der Waals surface area contributed by atoms with Crippen molar-refractivity contribution in [1.82, 2.24) is 15.0 Å². The summed E-state index contributed by atoms with van der Waals surface area (Å²) < 4.78 is 4.61. The van der Waals surface area contributed by atoms with Crippen LogP contribution in [0.25, 0.3) is 11.4 Å². The molecule has 0 bridgehead atoms. The fraction of sp³-hybridized carbons (Fsp3) is 0.333. The molecule has 2 rings (SSSR count). The van der Waals surface area contributed by atoms with Crippen LogP contribution < -0.4 is 0 Å². The number of phenols is 1. The number of phenolic OH excluding ortho intramolecular Hbond substituents is 1. The molecule has 1 aromatic carbocycles. The number of ether oxygens (including phenoxy) is 1. The summed E-state index contributed by atoms with van der Waals surface area (Å²) in [5.41, 5.74) is 2.35. The van der Waals surface area contributed by atoms with E-state index in [1.54, 1.807) is 6.07 Å². The van der Waals surface area contributed by atoms with Gasteiger partial charge in [0.15, 0.2) is 5.82 Å². The van der Waals surface area contributed by atoms with E-state index >= 15 is 0 Å². The fourth-order valence-corrected chi connectivity index (χ4v) is 2.10. The summed E-state index contributed by atoms with van der Waals surface area (Å²) in [4.78, 5) is 22.9. The van der Waals surface area contributed by atoms with Crippen molar-refractivity contribution in [3.8, 4) is 17.1 Å². The highest BCUT2D eigenvalue weighted by atomic mass is 16.5. The Morgan fingerprint density at radius 1 is 1.29 bits per heavy atom. The minimum absolute atomic E-state index is 0.164. The molecule has 0 saturated carbocycles. The third-order valence-electron chi connectivity index (χ3n) is 3.33. The molecule has 6 heteroatoms. The highest BCUT2D eigenvalue weighted by molar-refractivity contribution is 5.69. The van der Waals surface area contributed by atoms with Gasteiger partial charge in [-0.3, -0.25) is 4.79 Å². The van der Waals surface area contributed by atoms with Gasteiger partial charge >= 0.3 is 5.97 Å². The third kappa shape index (κ3) is 3.53. The van der Waals surface area contributed by atoms with Gasteiger partial charge in [0.25, 0.3) is 0 Å². The van der Waals surface area contributed by atoms with E-state index in [0.29, 0.717) is 30.7 Å². The number of carbonyl (C=O) groups is 1. The summed E-state index contributed by atoms with van der Waals surface area (Å²) >= 11 is 0. The van der Waals surface area contributed by atoms with Crippen LogP contribution in [-0.4, -0.2) is 33.1 Å². The van der Waals surface area contributed by atoms with E-state index in [1.165, 1.54) is 19.8 Å². The Kier molecular flexibility index (Phi) is 4.81. The van der Waals surface area contributed by atoms with Gasteiger partial charge in [-0.05, 0) is 37.0 Å². The predicted molar refractivity (Wildman–Crippen MR) is 76.6 cm³/mol. The molecule has 0 amide bonds. The van der Waals surface area contributed by atoms with E-state index < -0.39 is 0 Å². The van der Waals surface area contributed by atoms with Crippen LogP contribution in [0.1, 0.15) is 24.0 Å². The van der Waals surface area contributed by atoms with E-state index in [4.69, 9.17) is 0 Å². The molecule has 0 fully saturated rings. The molecule has 0 radical (unpaired) electrons. The normalized spacial score (nSPS) is 10.4. The Bertz CT molecular complexity index is 630. The molecule has 6 nitrogen and oxygen atoms in total. The molecule has 21 heavy (non-hydrogen) atoms. The molecule has 110 valence electrons. The lowest BCUT2D eigenvalue weighted by Gasteiger charge is -2.11. The van der Waals surface area contributed by atoms with Crippen LogP contribution in [0.4, 0.5) is 0 Å². The second-order valence-electron chi connectivity index (χ2n) is 4.64. The fourth-order valence-electron chi connectivity index (χ4n) is 2.10. The van der Waals surface area contributed by atoms with Crippen molar-refractivity contribution < 1.29 is 14.6 Å². The highest BCUT2D eigenvalue weighted by Gasteiger charge is 2.12. The molecule has 0 unspecified atom stereocenters. The van der Waals surface area contributed by atoms with E-state index in [-0.39, 0.29) is 11.7 Å². The first-order chi connectivity index (χ1) is 10.1. The molecule has 1 heterocycles. The number of aryl methyl sites for hydroxylation is 1. The molecule has 0 saturated heterocycles. The monoisotopic (exact) mass is 287 g/mol. The number of methoxy groups -OCH3 is 1. The van der Waals surface area contributed by atoms with Gasteiger partial charge in [-0.1, -0.05) is 6.07 Å². The Morgan fingerprint density at radius 2 is 2.00 bits per heavy atom. The van der Waals surface area contributed by atoms with Crippen molar-refractivity contribution in [1.29, 1.82) is 0 Å². The molecule has 0 aliphatic carbocycles. The van der Waals surface area contributed by atoms with Crippen LogP contribution in [0.5, 0.6) is 5.75 Å². The second kappa shape index (κ2) is 6.78. The number of hydrogen-bond acceptors (Lipinski definition) is 6. The first kappa shape index (κ1) is 14.9. The lowest BCUT2D eigenvalue weighted by atomic mass is 9.98. The standard InChI is InChI=1S/C15H17N3O3/c1-10-11(4-3-5-13(19)21-2)6-7-12(14(10)20)15-17-8-16-9-18-15/h6-9,20H,3-5H2,1-2H3. The van der Waals surface area contributed by atoms with Gasteiger partial charge in [-0.2, -0.15) is 0 Å². The second-order valence-corrected chi connectivity index (χ2v) is 4.64. The summed E-state index contributed by atoms with van der Waals surface area (Å²) in [5, 5.41) is 10.3. The Labute approximate surface area is 122 Å². The quantitative estimate of drug-likeness (QED) is 0.847. The van der Waals surface area contributed by atoms with Crippen molar-refractivity contribution in [3.63, 3.8) is 0 Å². The number of aromatic nitrogens is 3. The van der Waals surface area contributed by atoms with Gasteiger partial charge < -0.3 is 9.84 Å². The topological polar surface area (TPSA) is 85.2 Å². The zero-order valence-corrected chi connectivity index (χ0v) is 12.0. The van der Waals surface area contributed by atoms with E-state index in [0.717, 1.165) is 11.1 Å². The Hall–Kier alpha value is -2.50. The van der Waals surface area contributed by atoms with Crippen molar-refractivity contribution in [2.24, 2.45) is 0 Å². The Balaban J connectivity index is 2.16. The van der Waals surface area contributed by atoms with Crippen molar-refractivity contribution in [2.45, 2.75) is 26.2 Å². The molecular formula is C15H17N3O3. The molecule has 1 aromatic heterocycles. The number of hydrogen-bond donors (Lipinski definition) is 1. The number of aromatic hydroxyl groups is 1. The minimum Gasteiger partial charge on any atom is -0.507 e. The minimum atomic E-state index is -0.223. The maximum Gasteiger partial charge on any atom is 0.305 e. The summed E-state index contributed by atoms with van der Waals surface area (Å²) in [5.74, 6) is 0.377. The zero-order valence-electron chi connectivity index (χ0n) is 12.0. The highest BCUT2D eigenvalue weighted by Crippen LogP contribution is 2.32. The zero-order chi connectivity index (χ0) is 15.2. The van der Waals surface area contributed by atoms with Crippen molar-refractivity contribution >= 4 is 5.97 Å². The predicted octanol–water partition coefficient (Wildman–Crippen LogP) is 2.05. The van der Waals surface area contributed by atoms with Crippen LogP contribution in [0.3, 0.4) is 0 Å². The molecule has 0 atom stereocenters. The average molecular weight is 287 g/mol. The maximum atomic E-state index is 11.1. The van der Waals surface area contributed by atoms with Crippen molar-refractivity contribution in [2.75, 3.05) is 7.11 Å². The largest absolute Gasteiger partial charge is 0.507 e. The molecule has 0 aliphatic heterocycles. The van der Waals surface area contributed by atoms with Gasteiger partial charge in [0, 0.05) is 6.42 Å². The molecule has 1 N–H and O–H groups in total. The van der Waals surface area contributed by atoms with Gasteiger partial charge in [-0.15, -0.1) is 0 Å². The summed E-state index contributed by atoms with van der Waals surface area (Å²) in [6.07, 6.45) is 4.53. The average Bonchev–Trinajstić information content (AvgIpc) is 2.52. The number of nitrogens with zero attached hydrogens (tertiary/aromatic N) is 3. The van der Waals surface area contributed by atoms with Gasteiger partial charge in [0.1, 0.15) is 18.4 Å². The van der Waals surface area contributed by atoms with Gasteiger partial charge in [-0.25, -0.2) is 15.0 Å². The van der Waals surface area contributed by atoms with E-state index in [1.807, 2.05) is 13.0 Å². The lowest BCUT2D eigenvalue weighted by Crippen LogP contribution is -2.01. The number of benzene rings is 1. The summed E-state index contributed by atoms with van der Waals surface area (Å²) in [7, 11) is 1.38. The lowest BCUT2D eigenvalue weighted by molar-refractivity contribution is -0.140. The first-order valence-electron chi connectivity index (χ1n) is 6.64. The molecule has 0 aliphatic rings. The van der Waals surface area contributed by atoms with Crippen LogP contribution in [0, 0.1) is 6.92 Å². The third-order valence-corrected chi connectivity index (χ3v) is 3.33. The molecule has 2 aromatic rings. The van der Waals surface area contributed by atoms with Gasteiger partial charge in [0.05, 0.1) is 12.7 Å². The Morgan fingerprint density at radius 3 is 2.67 bits per heavy atom. The number of esters is 1. The molecular weight excluding hydrogens is 270 g/mol. The first-order valence-corrected chi connectivity index (χ1v) is 6.64. The van der Waals surface area contributed by atoms with E-state index in [2.05, 4.69) is 19.7 Å². The number of carbonyl (C=O) groups excluding carboxylic acids is 1. The summed E-state index contributed by atoms with van der Waals surface area (Å²) in [6, 6.07) is 3.70. The van der Waals surface area contributed by atoms with Gasteiger partial charge in [0.2, 0.25) is 0 Å². The number of rotatable bonds is 5. The van der Waals surface area contributed by atoms with E-state index in [9.17, 15) is 9.90 Å². The van der Waals surface area contributed by atoms with Crippen molar-refractivity contribution in [3.05, 3.63) is 35.9 Å². The summed E-state index contributed by atoms with van der Waals surface area (Å²) in [6.45, 7) is 1.84. The van der Waals surface area contributed by atoms with Crippen LogP contribution in [-0.2, 0) is 16.0 Å². The molecule has 0 spiro atoms. The maximum absolute atomic E-state index is 11.1.